The van der Waals surface area contributed by atoms with Gasteiger partial charge in [-0.1, -0.05) is 11.6 Å². The molecule has 0 atom stereocenters. The Bertz CT molecular complexity index is 525. The highest BCUT2D eigenvalue weighted by Crippen LogP contribution is 2.16. The van der Waals surface area contributed by atoms with E-state index in [-0.39, 0.29) is 12.3 Å². The highest BCUT2D eigenvalue weighted by Gasteiger charge is 2.10. The van der Waals surface area contributed by atoms with Crippen molar-refractivity contribution in [3.8, 4) is 0 Å². The fourth-order valence-electron chi connectivity index (χ4n) is 1.25. The van der Waals surface area contributed by atoms with E-state index in [1.807, 2.05) is 0 Å². The fraction of sp³-hybridized carbons (Fsp3) is 0.300. The summed E-state index contributed by atoms with van der Waals surface area (Å²) >= 11 is 5.76. The Kier molecular flexibility index (Phi) is 4.94. The lowest BCUT2D eigenvalue weighted by Crippen LogP contribution is -2.32. The van der Waals surface area contributed by atoms with Crippen LogP contribution in [0.4, 0.5) is 5.69 Å². The maximum atomic E-state index is 11.7. The number of carbonyl (C=O) groups excluding carboxylic acids is 1. The van der Waals surface area contributed by atoms with Crippen molar-refractivity contribution in [2.24, 2.45) is 0 Å². The molecule has 0 fully saturated rings. The summed E-state index contributed by atoms with van der Waals surface area (Å²) in [6, 6.07) is 4.44. The number of nitrogens with one attached hydrogen (secondary N) is 2. The van der Waals surface area contributed by atoms with Crippen LogP contribution in [0.1, 0.15) is 10.4 Å². The smallest absolute Gasteiger partial charge is 0.251 e. The van der Waals surface area contributed by atoms with Crippen LogP contribution in [-0.4, -0.2) is 33.7 Å². The van der Waals surface area contributed by atoms with Gasteiger partial charge in [0.1, 0.15) is 0 Å². The summed E-state index contributed by atoms with van der Waals surface area (Å²) in [5.41, 5.74) is 6.21. The molecule has 1 aromatic rings. The number of nitrogens with two attached hydrogens (primary N) is 1. The molecule has 0 saturated heterocycles. The molecule has 8 heteroatoms. The quantitative estimate of drug-likeness (QED) is 0.675. The van der Waals surface area contributed by atoms with Gasteiger partial charge in [-0.3, -0.25) is 4.79 Å². The van der Waals surface area contributed by atoms with Crippen LogP contribution < -0.4 is 15.8 Å². The molecule has 0 aliphatic carbocycles. The van der Waals surface area contributed by atoms with Crippen LogP contribution in [0.15, 0.2) is 18.2 Å². The zero-order chi connectivity index (χ0) is 13.8. The standard InChI is InChI=1S/C10H14ClN3O3S/c1-13-18(16,17)3-2-14-10(15)7-4-8(11)6-9(12)5-7/h4-6,13H,2-3,12H2,1H3,(H,14,15). The Morgan fingerprint density at radius 3 is 2.61 bits per heavy atom. The maximum absolute atomic E-state index is 11.7. The van der Waals surface area contributed by atoms with Crippen LogP contribution in [0, 0.1) is 0 Å². The van der Waals surface area contributed by atoms with Crippen molar-refractivity contribution in [2.45, 2.75) is 0 Å². The second kappa shape index (κ2) is 6.03. The molecule has 18 heavy (non-hydrogen) atoms. The predicted molar refractivity (Wildman–Crippen MR) is 71.0 cm³/mol. The normalized spacial score (nSPS) is 11.2. The molecule has 0 unspecified atom stereocenters. The zero-order valence-corrected chi connectivity index (χ0v) is 11.3. The minimum atomic E-state index is -3.33. The van der Waals surface area contributed by atoms with Crippen LogP contribution in [0.3, 0.4) is 0 Å². The van der Waals surface area contributed by atoms with Crippen molar-refractivity contribution in [1.29, 1.82) is 0 Å². The second-order valence-electron chi connectivity index (χ2n) is 3.55. The van der Waals surface area contributed by atoms with E-state index in [9.17, 15) is 13.2 Å². The van der Waals surface area contributed by atoms with E-state index in [4.69, 9.17) is 17.3 Å². The minimum absolute atomic E-state index is 0.00836. The predicted octanol–water partition coefficient (Wildman–Crippen LogP) is 0.201. The van der Waals surface area contributed by atoms with Gasteiger partial charge in [-0.25, -0.2) is 13.1 Å². The molecule has 0 heterocycles. The molecule has 4 N–H and O–H groups in total. The van der Waals surface area contributed by atoms with E-state index in [1.165, 1.54) is 25.2 Å². The van der Waals surface area contributed by atoms with E-state index in [0.29, 0.717) is 16.3 Å². The Morgan fingerprint density at radius 2 is 2.06 bits per heavy atom. The first kappa shape index (κ1) is 14.7. The van der Waals surface area contributed by atoms with Crippen molar-refractivity contribution in [3.63, 3.8) is 0 Å². The first-order chi connectivity index (χ1) is 8.34. The first-order valence-electron chi connectivity index (χ1n) is 5.09. The summed E-state index contributed by atoms with van der Waals surface area (Å²) in [6.45, 7) is 0.00836. The van der Waals surface area contributed by atoms with Gasteiger partial charge in [-0.05, 0) is 25.2 Å². The molecular weight excluding hydrogens is 278 g/mol. The molecular formula is C10H14ClN3O3S. The van der Waals surface area contributed by atoms with Crippen molar-refractivity contribution < 1.29 is 13.2 Å². The fourth-order valence-corrected chi connectivity index (χ4v) is 2.06. The number of amides is 1. The number of nitrogen functional groups attached to an aromatic ring is 1. The van der Waals surface area contributed by atoms with Crippen molar-refractivity contribution in [1.82, 2.24) is 10.0 Å². The lowest BCUT2D eigenvalue weighted by Gasteiger charge is -2.06. The molecule has 0 radical (unpaired) electrons. The molecule has 0 aromatic heterocycles. The average Bonchev–Trinajstić information content (AvgIpc) is 2.27. The molecule has 1 amide bonds. The lowest BCUT2D eigenvalue weighted by molar-refractivity contribution is 0.0956. The van der Waals surface area contributed by atoms with E-state index < -0.39 is 15.9 Å². The maximum Gasteiger partial charge on any atom is 0.251 e. The van der Waals surface area contributed by atoms with E-state index >= 15 is 0 Å². The van der Waals surface area contributed by atoms with Crippen LogP contribution >= 0.6 is 11.6 Å². The lowest BCUT2D eigenvalue weighted by atomic mass is 10.2. The van der Waals surface area contributed by atoms with Gasteiger partial charge >= 0.3 is 0 Å². The third-order valence-corrected chi connectivity index (χ3v) is 3.73. The van der Waals surface area contributed by atoms with Crippen LogP contribution in [-0.2, 0) is 10.0 Å². The van der Waals surface area contributed by atoms with Gasteiger partial charge in [0.2, 0.25) is 10.0 Å². The second-order valence-corrected chi connectivity index (χ2v) is 6.03. The largest absolute Gasteiger partial charge is 0.399 e. The molecule has 1 rings (SSSR count). The Balaban J connectivity index is 2.61. The number of rotatable bonds is 5. The third-order valence-electron chi connectivity index (χ3n) is 2.15. The number of hydrogen-bond donors (Lipinski definition) is 3. The molecule has 0 bridgehead atoms. The van der Waals surface area contributed by atoms with Crippen LogP contribution in [0.25, 0.3) is 0 Å². The third kappa shape index (κ3) is 4.52. The first-order valence-corrected chi connectivity index (χ1v) is 7.12. The van der Waals surface area contributed by atoms with Gasteiger partial charge in [-0.15, -0.1) is 0 Å². The van der Waals surface area contributed by atoms with Crippen LogP contribution in [0.2, 0.25) is 5.02 Å². The van der Waals surface area contributed by atoms with Gasteiger partial charge in [0.25, 0.3) is 5.91 Å². The summed E-state index contributed by atoms with van der Waals surface area (Å²) in [4.78, 5) is 11.7. The summed E-state index contributed by atoms with van der Waals surface area (Å²) in [5.74, 6) is -0.610. The highest BCUT2D eigenvalue weighted by molar-refractivity contribution is 7.89. The van der Waals surface area contributed by atoms with Gasteiger partial charge in [-0.2, -0.15) is 0 Å². The topological polar surface area (TPSA) is 101 Å². The molecule has 6 nitrogen and oxygen atoms in total. The molecule has 1 aromatic carbocycles. The van der Waals surface area contributed by atoms with Gasteiger partial charge in [0, 0.05) is 22.8 Å². The summed E-state index contributed by atoms with van der Waals surface area (Å²) in [5, 5.41) is 2.82. The number of carbonyl (C=O) groups is 1. The van der Waals surface area contributed by atoms with Crippen molar-refractivity contribution in [3.05, 3.63) is 28.8 Å². The number of anilines is 1. The van der Waals surface area contributed by atoms with Crippen molar-refractivity contribution >= 4 is 33.2 Å². The SMILES string of the molecule is CNS(=O)(=O)CCNC(=O)c1cc(N)cc(Cl)c1. The molecule has 100 valence electrons. The van der Waals surface area contributed by atoms with Crippen LogP contribution in [0.5, 0.6) is 0 Å². The minimum Gasteiger partial charge on any atom is -0.399 e. The average molecular weight is 292 g/mol. The molecule has 0 aliphatic heterocycles. The molecule has 0 saturated carbocycles. The van der Waals surface area contributed by atoms with E-state index in [0.717, 1.165) is 0 Å². The number of halogens is 1. The summed E-state index contributed by atoms with van der Waals surface area (Å²) < 4.78 is 24.4. The Morgan fingerprint density at radius 1 is 1.39 bits per heavy atom. The van der Waals surface area contributed by atoms with E-state index in [1.54, 1.807) is 0 Å². The van der Waals surface area contributed by atoms with Gasteiger partial charge in [0.05, 0.1) is 5.75 Å². The Hall–Kier alpha value is -1.31. The Labute approximate surface area is 111 Å². The molecule has 0 spiro atoms. The van der Waals surface area contributed by atoms with Gasteiger partial charge in [0.15, 0.2) is 0 Å². The number of sulfonamides is 1. The summed E-state index contributed by atoms with van der Waals surface area (Å²) in [7, 11) is -2.01. The highest BCUT2D eigenvalue weighted by atomic mass is 35.5. The van der Waals surface area contributed by atoms with Gasteiger partial charge < -0.3 is 11.1 Å². The monoisotopic (exact) mass is 291 g/mol. The molecule has 0 aliphatic rings. The van der Waals surface area contributed by atoms with E-state index in [2.05, 4.69) is 10.0 Å². The number of hydrogen-bond acceptors (Lipinski definition) is 4. The summed E-state index contributed by atoms with van der Waals surface area (Å²) in [6.07, 6.45) is 0. The van der Waals surface area contributed by atoms with Crippen molar-refractivity contribution in [2.75, 3.05) is 25.1 Å². The number of benzene rings is 1. The zero-order valence-electron chi connectivity index (χ0n) is 9.73.